The van der Waals surface area contributed by atoms with E-state index in [9.17, 15) is 4.79 Å². The number of nitrogens with one attached hydrogen (secondary N) is 1. The SMILES string of the molecule is O=C(C=Cc1cccc(Cl)c1)Nc1ccc2c(c1)OCCO2. The number of carbonyl (C=O) groups is 1. The lowest BCUT2D eigenvalue weighted by Gasteiger charge is -2.18. The molecule has 4 nitrogen and oxygen atoms in total. The maximum absolute atomic E-state index is 11.9. The Bertz CT molecular complexity index is 728. The molecule has 2 aromatic carbocycles. The summed E-state index contributed by atoms with van der Waals surface area (Å²) >= 11 is 5.90. The molecule has 0 spiro atoms. The Balaban J connectivity index is 1.66. The van der Waals surface area contributed by atoms with Gasteiger partial charge in [-0.25, -0.2) is 0 Å². The van der Waals surface area contributed by atoms with Crippen LogP contribution in [0.4, 0.5) is 5.69 Å². The standard InChI is InChI=1S/C17H14ClNO3/c18-13-3-1-2-12(10-13)4-7-17(20)19-14-5-6-15-16(11-14)22-9-8-21-15/h1-7,10-11H,8-9H2,(H,19,20). The van der Waals surface area contributed by atoms with Gasteiger partial charge in [0, 0.05) is 22.9 Å². The molecule has 1 amide bonds. The molecule has 3 rings (SSSR count). The molecule has 0 aromatic heterocycles. The van der Waals surface area contributed by atoms with Crippen LogP contribution >= 0.6 is 11.6 Å². The smallest absolute Gasteiger partial charge is 0.248 e. The Labute approximate surface area is 133 Å². The fourth-order valence-electron chi connectivity index (χ4n) is 2.09. The predicted octanol–water partition coefficient (Wildman–Crippen LogP) is 3.76. The van der Waals surface area contributed by atoms with E-state index < -0.39 is 0 Å². The fourth-order valence-corrected chi connectivity index (χ4v) is 2.29. The van der Waals surface area contributed by atoms with Crippen LogP contribution in [0.3, 0.4) is 0 Å². The van der Waals surface area contributed by atoms with Gasteiger partial charge in [0.2, 0.25) is 5.91 Å². The Kier molecular flexibility index (Phi) is 4.30. The first kappa shape index (κ1) is 14.5. The van der Waals surface area contributed by atoms with Crippen LogP contribution in [0.2, 0.25) is 5.02 Å². The molecule has 2 aromatic rings. The molecule has 1 N–H and O–H groups in total. The summed E-state index contributed by atoms with van der Waals surface area (Å²) in [6, 6.07) is 12.6. The van der Waals surface area contributed by atoms with Gasteiger partial charge in [-0.15, -0.1) is 0 Å². The minimum Gasteiger partial charge on any atom is -0.486 e. The number of hydrogen-bond donors (Lipinski definition) is 1. The van der Waals surface area contributed by atoms with E-state index in [1.807, 2.05) is 12.1 Å². The van der Waals surface area contributed by atoms with Crippen molar-refractivity contribution < 1.29 is 14.3 Å². The number of hydrogen-bond acceptors (Lipinski definition) is 3. The normalized spacial score (nSPS) is 13.1. The quantitative estimate of drug-likeness (QED) is 0.877. The van der Waals surface area contributed by atoms with E-state index in [1.54, 1.807) is 36.4 Å². The van der Waals surface area contributed by atoms with Crippen LogP contribution in [0.15, 0.2) is 48.5 Å². The molecule has 22 heavy (non-hydrogen) atoms. The maximum atomic E-state index is 11.9. The van der Waals surface area contributed by atoms with Gasteiger partial charge in [-0.05, 0) is 35.9 Å². The monoisotopic (exact) mass is 315 g/mol. The van der Waals surface area contributed by atoms with Gasteiger partial charge in [-0.1, -0.05) is 23.7 Å². The van der Waals surface area contributed by atoms with Gasteiger partial charge in [-0.3, -0.25) is 4.79 Å². The summed E-state index contributed by atoms with van der Waals surface area (Å²) in [5, 5.41) is 3.42. The lowest BCUT2D eigenvalue weighted by molar-refractivity contribution is -0.111. The number of fused-ring (bicyclic) bond motifs is 1. The average Bonchev–Trinajstić information content (AvgIpc) is 2.53. The lowest BCUT2D eigenvalue weighted by Crippen LogP contribution is -2.16. The second-order valence-electron chi connectivity index (χ2n) is 4.74. The van der Waals surface area contributed by atoms with Crippen LogP contribution in [-0.4, -0.2) is 19.1 Å². The first-order valence-corrected chi connectivity index (χ1v) is 7.23. The van der Waals surface area contributed by atoms with E-state index in [-0.39, 0.29) is 5.91 Å². The molecule has 0 fully saturated rings. The number of rotatable bonds is 3. The molecule has 0 unspecified atom stereocenters. The molecular weight excluding hydrogens is 302 g/mol. The Morgan fingerprint density at radius 1 is 1.09 bits per heavy atom. The van der Waals surface area contributed by atoms with Crippen molar-refractivity contribution >= 4 is 29.3 Å². The first-order chi connectivity index (χ1) is 10.7. The van der Waals surface area contributed by atoms with Crippen molar-refractivity contribution in [3.8, 4) is 11.5 Å². The molecule has 1 aliphatic rings. The minimum absolute atomic E-state index is 0.225. The summed E-state index contributed by atoms with van der Waals surface area (Å²) in [5.41, 5.74) is 1.52. The van der Waals surface area contributed by atoms with Gasteiger partial charge in [0.1, 0.15) is 13.2 Å². The van der Waals surface area contributed by atoms with Crippen LogP contribution in [0.25, 0.3) is 6.08 Å². The molecule has 5 heteroatoms. The molecule has 0 saturated heterocycles. The minimum atomic E-state index is -0.225. The zero-order chi connectivity index (χ0) is 15.4. The molecule has 0 bridgehead atoms. The van der Waals surface area contributed by atoms with Crippen molar-refractivity contribution in [1.82, 2.24) is 0 Å². The van der Waals surface area contributed by atoms with Gasteiger partial charge in [-0.2, -0.15) is 0 Å². The second-order valence-corrected chi connectivity index (χ2v) is 5.17. The third kappa shape index (κ3) is 3.59. The van der Waals surface area contributed by atoms with Crippen molar-refractivity contribution in [2.45, 2.75) is 0 Å². The predicted molar refractivity (Wildman–Crippen MR) is 86.5 cm³/mol. The van der Waals surface area contributed by atoms with E-state index in [4.69, 9.17) is 21.1 Å². The Morgan fingerprint density at radius 3 is 2.73 bits per heavy atom. The van der Waals surface area contributed by atoms with E-state index in [2.05, 4.69) is 5.32 Å². The van der Waals surface area contributed by atoms with E-state index in [0.717, 1.165) is 5.56 Å². The molecule has 0 radical (unpaired) electrons. The maximum Gasteiger partial charge on any atom is 0.248 e. The van der Waals surface area contributed by atoms with Gasteiger partial charge < -0.3 is 14.8 Å². The van der Waals surface area contributed by atoms with Gasteiger partial charge >= 0.3 is 0 Å². The highest BCUT2D eigenvalue weighted by Crippen LogP contribution is 2.32. The van der Waals surface area contributed by atoms with Gasteiger partial charge in [0.05, 0.1) is 0 Å². The zero-order valence-electron chi connectivity index (χ0n) is 11.7. The fraction of sp³-hybridized carbons (Fsp3) is 0.118. The van der Waals surface area contributed by atoms with Crippen LogP contribution < -0.4 is 14.8 Å². The van der Waals surface area contributed by atoms with Crippen molar-refractivity contribution in [3.05, 3.63) is 59.1 Å². The summed E-state index contributed by atoms with van der Waals surface area (Å²) in [6.45, 7) is 1.06. The van der Waals surface area contributed by atoms with E-state index in [0.29, 0.717) is 35.4 Å². The first-order valence-electron chi connectivity index (χ1n) is 6.85. The number of ether oxygens (including phenoxy) is 2. The topological polar surface area (TPSA) is 47.6 Å². The van der Waals surface area contributed by atoms with Crippen molar-refractivity contribution in [3.63, 3.8) is 0 Å². The number of carbonyl (C=O) groups excluding carboxylic acids is 1. The van der Waals surface area contributed by atoms with Crippen LogP contribution in [0, 0.1) is 0 Å². The highest BCUT2D eigenvalue weighted by Gasteiger charge is 2.12. The highest BCUT2D eigenvalue weighted by atomic mass is 35.5. The third-order valence-corrected chi connectivity index (χ3v) is 3.32. The number of anilines is 1. The molecule has 1 heterocycles. The molecule has 0 atom stereocenters. The largest absolute Gasteiger partial charge is 0.486 e. The van der Waals surface area contributed by atoms with Crippen LogP contribution in [0.5, 0.6) is 11.5 Å². The van der Waals surface area contributed by atoms with Gasteiger partial charge in [0.25, 0.3) is 0 Å². The zero-order valence-corrected chi connectivity index (χ0v) is 12.5. The highest BCUT2D eigenvalue weighted by molar-refractivity contribution is 6.30. The van der Waals surface area contributed by atoms with Crippen LogP contribution in [0.1, 0.15) is 5.56 Å². The molecule has 112 valence electrons. The molecule has 0 saturated carbocycles. The summed E-state index contributed by atoms with van der Waals surface area (Å²) in [7, 11) is 0. The molecule has 1 aliphatic heterocycles. The summed E-state index contributed by atoms with van der Waals surface area (Å²) in [4.78, 5) is 11.9. The third-order valence-electron chi connectivity index (χ3n) is 3.09. The summed E-state index contributed by atoms with van der Waals surface area (Å²) < 4.78 is 10.9. The lowest BCUT2D eigenvalue weighted by atomic mass is 10.2. The van der Waals surface area contributed by atoms with E-state index >= 15 is 0 Å². The Morgan fingerprint density at radius 2 is 1.91 bits per heavy atom. The second kappa shape index (κ2) is 6.54. The number of amides is 1. The number of halogens is 1. The van der Waals surface area contributed by atoms with Crippen LogP contribution in [-0.2, 0) is 4.79 Å². The summed E-state index contributed by atoms with van der Waals surface area (Å²) in [5.74, 6) is 1.11. The number of benzene rings is 2. The molecular formula is C17H14ClNO3. The Hall–Kier alpha value is -2.46. The van der Waals surface area contributed by atoms with Crippen molar-refractivity contribution in [2.24, 2.45) is 0 Å². The van der Waals surface area contributed by atoms with E-state index in [1.165, 1.54) is 6.08 Å². The summed E-state index contributed by atoms with van der Waals surface area (Å²) in [6.07, 6.45) is 3.17. The van der Waals surface area contributed by atoms with Gasteiger partial charge in [0.15, 0.2) is 11.5 Å². The average molecular weight is 316 g/mol. The van der Waals surface area contributed by atoms with Crippen molar-refractivity contribution in [1.29, 1.82) is 0 Å². The van der Waals surface area contributed by atoms with Crippen molar-refractivity contribution in [2.75, 3.05) is 18.5 Å². The molecule has 0 aliphatic carbocycles.